The summed E-state index contributed by atoms with van der Waals surface area (Å²) in [6.45, 7) is 5.93. The SMILES string of the molecule is CC(C)(C)OC(=O)N1CC2(CCCC2)CCC1C(=O)O. The molecule has 20 heavy (non-hydrogen) atoms. The highest BCUT2D eigenvalue weighted by Crippen LogP contribution is 2.46. The third kappa shape index (κ3) is 3.25. The van der Waals surface area contributed by atoms with Gasteiger partial charge in [0, 0.05) is 6.54 Å². The zero-order valence-corrected chi connectivity index (χ0v) is 12.6. The van der Waals surface area contributed by atoms with Crippen LogP contribution in [0.1, 0.15) is 59.3 Å². The fraction of sp³-hybridized carbons (Fsp3) is 0.867. The Morgan fingerprint density at radius 3 is 2.30 bits per heavy atom. The van der Waals surface area contributed by atoms with Crippen LogP contribution in [0.2, 0.25) is 0 Å². The number of carbonyl (C=O) groups is 2. The van der Waals surface area contributed by atoms with Crippen LogP contribution >= 0.6 is 0 Å². The molecule has 1 spiro atoms. The van der Waals surface area contributed by atoms with Gasteiger partial charge < -0.3 is 9.84 Å². The second-order valence-corrected chi connectivity index (χ2v) is 7.21. The molecule has 1 N–H and O–H groups in total. The molecule has 1 saturated heterocycles. The van der Waals surface area contributed by atoms with Crippen molar-refractivity contribution in [1.29, 1.82) is 0 Å². The Labute approximate surface area is 120 Å². The maximum Gasteiger partial charge on any atom is 0.411 e. The van der Waals surface area contributed by atoms with Crippen molar-refractivity contribution < 1.29 is 19.4 Å². The summed E-state index contributed by atoms with van der Waals surface area (Å²) in [6, 6.07) is -0.740. The lowest BCUT2D eigenvalue weighted by Crippen LogP contribution is -2.55. The zero-order valence-electron chi connectivity index (χ0n) is 12.6. The van der Waals surface area contributed by atoms with Crippen LogP contribution in [0, 0.1) is 5.41 Å². The summed E-state index contributed by atoms with van der Waals surface area (Å²) in [4.78, 5) is 25.1. The summed E-state index contributed by atoms with van der Waals surface area (Å²) < 4.78 is 5.38. The van der Waals surface area contributed by atoms with Gasteiger partial charge in [-0.25, -0.2) is 9.59 Å². The van der Waals surface area contributed by atoms with Crippen LogP contribution in [0.4, 0.5) is 4.79 Å². The molecule has 1 saturated carbocycles. The van der Waals surface area contributed by atoms with E-state index in [-0.39, 0.29) is 5.41 Å². The van der Waals surface area contributed by atoms with Gasteiger partial charge in [-0.05, 0) is 51.9 Å². The Kier molecular flexibility index (Phi) is 3.98. The van der Waals surface area contributed by atoms with E-state index in [2.05, 4.69) is 0 Å². The van der Waals surface area contributed by atoms with Crippen LogP contribution in [-0.4, -0.2) is 40.3 Å². The minimum Gasteiger partial charge on any atom is -0.480 e. The minimum absolute atomic E-state index is 0.128. The third-order valence-corrected chi connectivity index (χ3v) is 4.41. The Hall–Kier alpha value is -1.26. The van der Waals surface area contributed by atoms with Gasteiger partial charge in [0.15, 0.2) is 0 Å². The van der Waals surface area contributed by atoms with E-state index in [1.54, 1.807) is 20.8 Å². The molecule has 1 aliphatic heterocycles. The lowest BCUT2D eigenvalue weighted by atomic mass is 9.76. The fourth-order valence-electron chi connectivity index (χ4n) is 3.45. The van der Waals surface area contributed by atoms with Crippen LogP contribution in [0.3, 0.4) is 0 Å². The third-order valence-electron chi connectivity index (χ3n) is 4.41. The summed E-state index contributed by atoms with van der Waals surface area (Å²) in [5.41, 5.74) is -0.469. The van der Waals surface area contributed by atoms with E-state index < -0.39 is 23.7 Å². The molecule has 0 radical (unpaired) electrons. The topological polar surface area (TPSA) is 66.8 Å². The lowest BCUT2D eigenvalue weighted by molar-refractivity contribution is -0.146. The van der Waals surface area contributed by atoms with E-state index in [9.17, 15) is 14.7 Å². The summed E-state index contributed by atoms with van der Waals surface area (Å²) in [7, 11) is 0. The van der Waals surface area contributed by atoms with Crippen molar-refractivity contribution in [2.75, 3.05) is 6.54 Å². The first-order chi connectivity index (χ1) is 9.22. The second kappa shape index (κ2) is 5.26. The van der Waals surface area contributed by atoms with E-state index in [1.807, 2.05) is 0 Å². The van der Waals surface area contributed by atoms with E-state index in [1.165, 1.54) is 17.7 Å². The van der Waals surface area contributed by atoms with Gasteiger partial charge in [-0.15, -0.1) is 0 Å². The van der Waals surface area contributed by atoms with Crippen LogP contribution in [0.25, 0.3) is 0 Å². The van der Waals surface area contributed by atoms with Crippen molar-refractivity contribution in [2.24, 2.45) is 5.41 Å². The molecular formula is C15H25NO4. The predicted octanol–water partition coefficient (Wildman–Crippen LogP) is 3.03. The maximum absolute atomic E-state index is 12.3. The summed E-state index contributed by atoms with van der Waals surface area (Å²) >= 11 is 0. The fourth-order valence-corrected chi connectivity index (χ4v) is 3.45. The molecule has 0 aromatic rings. The first-order valence-electron chi connectivity index (χ1n) is 7.45. The van der Waals surface area contributed by atoms with Crippen molar-refractivity contribution in [3.8, 4) is 0 Å². The van der Waals surface area contributed by atoms with Gasteiger partial charge in [-0.2, -0.15) is 0 Å². The molecule has 5 heteroatoms. The monoisotopic (exact) mass is 283 g/mol. The number of likely N-dealkylation sites (tertiary alicyclic amines) is 1. The minimum atomic E-state index is -0.927. The Balaban J connectivity index is 2.14. The smallest absolute Gasteiger partial charge is 0.411 e. The zero-order chi connectivity index (χ0) is 15.0. The maximum atomic E-state index is 12.3. The van der Waals surface area contributed by atoms with Crippen molar-refractivity contribution >= 4 is 12.1 Å². The van der Waals surface area contributed by atoms with Gasteiger partial charge in [0.2, 0.25) is 0 Å². The molecule has 1 amide bonds. The second-order valence-electron chi connectivity index (χ2n) is 7.21. The van der Waals surface area contributed by atoms with Crippen molar-refractivity contribution in [1.82, 2.24) is 4.90 Å². The quantitative estimate of drug-likeness (QED) is 0.803. The number of aliphatic carboxylic acids is 1. The molecule has 2 fully saturated rings. The average Bonchev–Trinajstić information content (AvgIpc) is 2.74. The number of ether oxygens (including phenoxy) is 1. The number of hydrogen-bond donors (Lipinski definition) is 1. The highest BCUT2D eigenvalue weighted by Gasteiger charge is 2.46. The van der Waals surface area contributed by atoms with Crippen LogP contribution in [-0.2, 0) is 9.53 Å². The number of rotatable bonds is 1. The summed E-state index contributed by atoms with van der Waals surface area (Å²) in [5, 5.41) is 9.34. The van der Waals surface area contributed by atoms with Gasteiger partial charge in [-0.1, -0.05) is 12.8 Å². The lowest BCUT2D eigenvalue weighted by Gasteiger charge is -2.43. The number of piperidine rings is 1. The highest BCUT2D eigenvalue weighted by molar-refractivity contribution is 5.80. The van der Waals surface area contributed by atoms with Crippen LogP contribution in [0.5, 0.6) is 0 Å². The largest absolute Gasteiger partial charge is 0.480 e. The van der Waals surface area contributed by atoms with E-state index in [0.717, 1.165) is 19.3 Å². The number of carbonyl (C=O) groups excluding carboxylic acids is 1. The summed E-state index contributed by atoms with van der Waals surface area (Å²) in [6.07, 6.45) is 5.51. The highest BCUT2D eigenvalue weighted by atomic mass is 16.6. The van der Waals surface area contributed by atoms with E-state index in [4.69, 9.17) is 4.74 Å². The molecular weight excluding hydrogens is 258 g/mol. The van der Waals surface area contributed by atoms with Gasteiger partial charge in [0.25, 0.3) is 0 Å². The molecule has 2 aliphatic rings. The summed E-state index contributed by atoms with van der Waals surface area (Å²) in [5.74, 6) is -0.927. The predicted molar refractivity (Wildman–Crippen MR) is 74.5 cm³/mol. The molecule has 1 aliphatic carbocycles. The van der Waals surface area contributed by atoms with Gasteiger partial charge in [0.1, 0.15) is 11.6 Å². The van der Waals surface area contributed by atoms with Crippen LogP contribution < -0.4 is 0 Å². The Bertz CT molecular complexity index is 393. The van der Waals surface area contributed by atoms with E-state index in [0.29, 0.717) is 13.0 Å². The van der Waals surface area contributed by atoms with Crippen molar-refractivity contribution in [2.45, 2.75) is 70.9 Å². The standard InChI is InChI=1S/C15H25NO4/c1-14(2,3)20-13(19)16-10-15(7-4-5-8-15)9-6-11(16)12(17)18/h11H,4-10H2,1-3H3,(H,17,18). The molecule has 2 rings (SSSR count). The molecule has 1 atom stereocenters. The number of nitrogens with zero attached hydrogens (tertiary/aromatic N) is 1. The Morgan fingerprint density at radius 2 is 1.80 bits per heavy atom. The van der Waals surface area contributed by atoms with E-state index >= 15 is 0 Å². The molecule has 1 heterocycles. The average molecular weight is 283 g/mol. The number of hydrogen-bond acceptors (Lipinski definition) is 3. The first-order valence-corrected chi connectivity index (χ1v) is 7.45. The number of carboxylic acid groups (broad SMARTS) is 1. The molecule has 0 bridgehead atoms. The Morgan fingerprint density at radius 1 is 1.20 bits per heavy atom. The molecule has 114 valence electrons. The molecule has 5 nitrogen and oxygen atoms in total. The number of carboxylic acids is 1. The van der Waals surface area contributed by atoms with Crippen LogP contribution in [0.15, 0.2) is 0 Å². The molecule has 0 aromatic heterocycles. The van der Waals surface area contributed by atoms with Crippen molar-refractivity contribution in [3.63, 3.8) is 0 Å². The van der Waals surface area contributed by atoms with Crippen molar-refractivity contribution in [3.05, 3.63) is 0 Å². The first kappa shape index (κ1) is 15.1. The molecule has 0 aromatic carbocycles. The van der Waals surface area contributed by atoms with Gasteiger partial charge in [-0.3, -0.25) is 4.90 Å². The molecule has 1 unspecified atom stereocenters. The van der Waals surface area contributed by atoms with Gasteiger partial charge in [0.05, 0.1) is 0 Å². The normalized spacial score (nSPS) is 25.8. The van der Waals surface area contributed by atoms with Gasteiger partial charge >= 0.3 is 12.1 Å². The number of amides is 1.